The van der Waals surface area contributed by atoms with Gasteiger partial charge in [0.15, 0.2) is 5.96 Å². The van der Waals surface area contributed by atoms with Crippen molar-refractivity contribution in [1.29, 1.82) is 0 Å². The Morgan fingerprint density at radius 1 is 1.57 bits per heavy atom. The molecular formula is C14H26IN5O. The van der Waals surface area contributed by atoms with Gasteiger partial charge < -0.3 is 15.0 Å². The van der Waals surface area contributed by atoms with Gasteiger partial charge >= 0.3 is 0 Å². The average molecular weight is 407 g/mol. The van der Waals surface area contributed by atoms with Crippen LogP contribution in [0, 0.1) is 12.8 Å². The largest absolute Gasteiger partial charge is 0.384 e. The SMILES string of the molecule is CN=C(NCCn1cc(C)cn1)N1CCC(COC)C1.I. The summed E-state index contributed by atoms with van der Waals surface area (Å²) in [6, 6.07) is 0. The fraction of sp³-hybridized carbons (Fsp3) is 0.714. The number of halogens is 1. The number of aliphatic imine (C=N–C) groups is 1. The Kier molecular flexibility index (Phi) is 8.02. The first-order chi connectivity index (χ1) is 9.72. The molecule has 1 saturated heterocycles. The van der Waals surface area contributed by atoms with Crippen molar-refractivity contribution in [1.82, 2.24) is 20.0 Å². The van der Waals surface area contributed by atoms with E-state index >= 15 is 0 Å². The van der Waals surface area contributed by atoms with Gasteiger partial charge in [-0.25, -0.2) is 0 Å². The normalized spacial score (nSPS) is 18.7. The molecular weight excluding hydrogens is 381 g/mol. The zero-order chi connectivity index (χ0) is 14.4. The van der Waals surface area contributed by atoms with Gasteiger partial charge in [-0.05, 0) is 18.9 Å². The second kappa shape index (κ2) is 9.24. The van der Waals surface area contributed by atoms with Crippen LogP contribution in [-0.4, -0.2) is 61.0 Å². The highest BCUT2D eigenvalue weighted by molar-refractivity contribution is 14.0. The van der Waals surface area contributed by atoms with Gasteiger partial charge in [-0.3, -0.25) is 9.67 Å². The van der Waals surface area contributed by atoms with Crippen molar-refractivity contribution in [2.45, 2.75) is 19.9 Å². The third-order valence-corrected chi connectivity index (χ3v) is 3.59. The van der Waals surface area contributed by atoms with Gasteiger partial charge in [-0.2, -0.15) is 5.10 Å². The van der Waals surface area contributed by atoms with Crippen LogP contribution in [0.1, 0.15) is 12.0 Å². The number of ether oxygens (including phenoxy) is 1. The van der Waals surface area contributed by atoms with Gasteiger partial charge in [-0.15, -0.1) is 24.0 Å². The molecule has 2 rings (SSSR count). The van der Waals surface area contributed by atoms with Gasteiger partial charge in [-0.1, -0.05) is 0 Å². The monoisotopic (exact) mass is 407 g/mol. The maximum atomic E-state index is 5.23. The minimum absolute atomic E-state index is 0. The van der Waals surface area contributed by atoms with Crippen LogP contribution in [-0.2, 0) is 11.3 Å². The Labute approximate surface area is 144 Å². The Bertz CT molecular complexity index is 448. The summed E-state index contributed by atoms with van der Waals surface area (Å²) in [6.45, 7) is 6.64. The molecule has 1 aromatic heterocycles. The van der Waals surface area contributed by atoms with E-state index in [-0.39, 0.29) is 24.0 Å². The van der Waals surface area contributed by atoms with Gasteiger partial charge in [0.2, 0.25) is 0 Å². The van der Waals surface area contributed by atoms with Crippen molar-refractivity contribution in [3.63, 3.8) is 0 Å². The van der Waals surface area contributed by atoms with Crippen molar-refractivity contribution in [2.24, 2.45) is 10.9 Å². The third-order valence-electron chi connectivity index (χ3n) is 3.59. The van der Waals surface area contributed by atoms with Crippen molar-refractivity contribution in [3.05, 3.63) is 18.0 Å². The highest BCUT2D eigenvalue weighted by Crippen LogP contribution is 2.16. The van der Waals surface area contributed by atoms with Crippen LogP contribution in [0.4, 0.5) is 0 Å². The third kappa shape index (κ3) is 5.46. The van der Waals surface area contributed by atoms with Crippen molar-refractivity contribution in [2.75, 3.05) is 40.4 Å². The summed E-state index contributed by atoms with van der Waals surface area (Å²) in [5.41, 5.74) is 1.19. The molecule has 0 aliphatic carbocycles. The fourth-order valence-corrected chi connectivity index (χ4v) is 2.60. The van der Waals surface area contributed by atoms with Crippen LogP contribution in [0.2, 0.25) is 0 Å². The topological polar surface area (TPSA) is 54.7 Å². The molecule has 0 radical (unpaired) electrons. The van der Waals surface area contributed by atoms with Gasteiger partial charge in [0.1, 0.15) is 0 Å². The molecule has 6 nitrogen and oxygen atoms in total. The van der Waals surface area contributed by atoms with Crippen LogP contribution in [0.15, 0.2) is 17.4 Å². The van der Waals surface area contributed by atoms with Gasteiger partial charge in [0, 0.05) is 45.9 Å². The van der Waals surface area contributed by atoms with E-state index in [1.807, 2.05) is 17.9 Å². The maximum Gasteiger partial charge on any atom is 0.193 e. The molecule has 120 valence electrons. The first-order valence-corrected chi connectivity index (χ1v) is 7.16. The summed E-state index contributed by atoms with van der Waals surface area (Å²) in [6.07, 6.45) is 5.10. The number of hydrogen-bond acceptors (Lipinski definition) is 3. The van der Waals surface area contributed by atoms with E-state index in [4.69, 9.17) is 4.74 Å². The first-order valence-electron chi connectivity index (χ1n) is 7.16. The summed E-state index contributed by atoms with van der Waals surface area (Å²) < 4.78 is 7.18. The fourth-order valence-electron chi connectivity index (χ4n) is 2.60. The highest BCUT2D eigenvalue weighted by atomic mass is 127. The second-order valence-corrected chi connectivity index (χ2v) is 5.31. The van der Waals surface area contributed by atoms with Crippen LogP contribution < -0.4 is 5.32 Å². The Hall–Kier alpha value is -0.830. The number of guanidine groups is 1. The predicted molar refractivity (Wildman–Crippen MR) is 95.3 cm³/mol. The minimum Gasteiger partial charge on any atom is -0.384 e. The molecule has 1 atom stereocenters. The van der Waals surface area contributed by atoms with Crippen LogP contribution in [0.25, 0.3) is 0 Å². The molecule has 0 saturated carbocycles. The number of hydrogen-bond donors (Lipinski definition) is 1. The molecule has 21 heavy (non-hydrogen) atoms. The Morgan fingerprint density at radius 2 is 2.38 bits per heavy atom. The average Bonchev–Trinajstić information content (AvgIpc) is 3.05. The van der Waals surface area contributed by atoms with Crippen LogP contribution >= 0.6 is 24.0 Å². The van der Waals surface area contributed by atoms with E-state index < -0.39 is 0 Å². The van der Waals surface area contributed by atoms with E-state index in [9.17, 15) is 0 Å². The molecule has 1 unspecified atom stereocenters. The molecule has 2 heterocycles. The molecule has 0 amide bonds. The van der Waals surface area contributed by atoms with E-state index in [0.29, 0.717) is 5.92 Å². The van der Waals surface area contributed by atoms with Crippen LogP contribution in [0.3, 0.4) is 0 Å². The number of likely N-dealkylation sites (tertiary alicyclic amines) is 1. The van der Waals surface area contributed by atoms with E-state index in [1.165, 1.54) is 12.0 Å². The lowest BCUT2D eigenvalue weighted by Crippen LogP contribution is -2.41. The highest BCUT2D eigenvalue weighted by Gasteiger charge is 2.24. The number of aryl methyl sites for hydroxylation is 1. The lowest BCUT2D eigenvalue weighted by atomic mass is 10.1. The van der Waals surface area contributed by atoms with Crippen molar-refractivity contribution >= 4 is 29.9 Å². The summed E-state index contributed by atoms with van der Waals surface area (Å²) >= 11 is 0. The molecule has 1 aliphatic heterocycles. The number of rotatable bonds is 5. The number of nitrogens with zero attached hydrogens (tertiary/aromatic N) is 4. The zero-order valence-electron chi connectivity index (χ0n) is 13.1. The molecule has 1 aromatic rings. The molecule has 1 fully saturated rings. The summed E-state index contributed by atoms with van der Waals surface area (Å²) in [4.78, 5) is 6.67. The van der Waals surface area contributed by atoms with E-state index in [1.54, 1.807) is 7.11 Å². The number of methoxy groups -OCH3 is 1. The number of nitrogens with one attached hydrogen (secondary N) is 1. The predicted octanol–water partition coefficient (Wildman–Crippen LogP) is 1.35. The molecule has 1 aliphatic rings. The van der Waals surface area contributed by atoms with Crippen molar-refractivity contribution in [3.8, 4) is 0 Å². The summed E-state index contributed by atoms with van der Waals surface area (Å²) in [5, 5.41) is 7.69. The van der Waals surface area contributed by atoms with Gasteiger partial charge in [0.25, 0.3) is 0 Å². The smallest absolute Gasteiger partial charge is 0.193 e. The van der Waals surface area contributed by atoms with Crippen molar-refractivity contribution < 1.29 is 4.74 Å². The Morgan fingerprint density at radius 3 is 3.00 bits per heavy atom. The standard InChI is InChI=1S/C14H25N5O.HI/c1-12-8-17-19(9-12)7-5-16-14(15-2)18-6-4-13(10-18)11-20-3;/h8-9,13H,4-7,10-11H2,1-3H3,(H,15,16);1H. The van der Waals surface area contributed by atoms with E-state index in [2.05, 4.69) is 33.4 Å². The second-order valence-electron chi connectivity index (χ2n) is 5.31. The quantitative estimate of drug-likeness (QED) is 0.455. The first kappa shape index (κ1) is 18.2. The van der Waals surface area contributed by atoms with Crippen LogP contribution in [0.5, 0.6) is 0 Å². The lowest BCUT2D eigenvalue weighted by molar-refractivity contribution is 0.157. The molecule has 0 spiro atoms. The van der Waals surface area contributed by atoms with Gasteiger partial charge in [0.05, 0.1) is 19.3 Å². The molecule has 0 bridgehead atoms. The lowest BCUT2D eigenvalue weighted by Gasteiger charge is -2.21. The molecule has 1 N–H and O–H groups in total. The maximum absolute atomic E-state index is 5.23. The minimum atomic E-state index is 0. The van der Waals surface area contributed by atoms with E-state index in [0.717, 1.165) is 38.7 Å². The summed E-state index contributed by atoms with van der Waals surface area (Å²) in [5.74, 6) is 1.60. The number of aromatic nitrogens is 2. The summed E-state index contributed by atoms with van der Waals surface area (Å²) in [7, 11) is 3.60. The Balaban J connectivity index is 0.00000220. The molecule has 7 heteroatoms. The zero-order valence-corrected chi connectivity index (χ0v) is 15.4. The molecule has 0 aromatic carbocycles.